The first-order valence-electron chi connectivity index (χ1n) is 9.39. The summed E-state index contributed by atoms with van der Waals surface area (Å²) in [6.45, 7) is 4.20. The summed E-state index contributed by atoms with van der Waals surface area (Å²) in [6, 6.07) is 7.10. The molecule has 4 aromatic rings. The van der Waals surface area contributed by atoms with Crippen LogP contribution < -0.4 is 10.7 Å². The largest absolute Gasteiger partial charge is 0.420 e. The van der Waals surface area contributed by atoms with Gasteiger partial charge in [-0.15, -0.1) is 10.2 Å². The minimum absolute atomic E-state index is 0.0347. The van der Waals surface area contributed by atoms with E-state index in [9.17, 15) is 9.59 Å². The number of hydrogen-bond donors (Lipinski definition) is 0. The third kappa shape index (κ3) is 2.93. The molecule has 0 spiro atoms. The van der Waals surface area contributed by atoms with Crippen LogP contribution in [0.15, 0.2) is 45.9 Å². The molecule has 10 nitrogen and oxygen atoms in total. The quantitative estimate of drug-likeness (QED) is 0.505. The number of rotatable bonds is 3. The van der Waals surface area contributed by atoms with Gasteiger partial charge in [-0.25, -0.2) is 9.78 Å². The summed E-state index contributed by atoms with van der Waals surface area (Å²) in [5.41, 5.74) is 1.82. The van der Waals surface area contributed by atoms with E-state index in [2.05, 4.69) is 20.1 Å². The molecule has 1 fully saturated rings. The van der Waals surface area contributed by atoms with Crippen molar-refractivity contribution in [2.45, 2.75) is 13.5 Å². The molecule has 148 valence electrons. The second-order valence-corrected chi connectivity index (χ2v) is 6.98. The third-order valence-corrected chi connectivity index (χ3v) is 5.28. The number of benzene rings is 1. The zero-order chi connectivity index (χ0) is 20.0. The number of carbonyl (C=O) groups excluding carboxylic acids is 1. The van der Waals surface area contributed by atoms with Crippen molar-refractivity contribution < 1.29 is 9.21 Å². The minimum atomic E-state index is -0.517. The molecule has 1 aromatic carbocycles. The molecule has 1 saturated heterocycles. The van der Waals surface area contributed by atoms with Crippen LogP contribution in [0.3, 0.4) is 0 Å². The van der Waals surface area contributed by atoms with Crippen molar-refractivity contribution in [3.05, 3.63) is 53.0 Å². The zero-order valence-electron chi connectivity index (χ0n) is 15.9. The van der Waals surface area contributed by atoms with E-state index in [-0.39, 0.29) is 12.5 Å². The number of para-hydroxylation sites is 2. The predicted octanol–water partition coefficient (Wildman–Crippen LogP) is 0.689. The average molecular weight is 393 g/mol. The predicted molar refractivity (Wildman–Crippen MR) is 105 cm³/mol. The normalized spacial score (nSPS) is 14.8. The smallest absolute Gasteiger partial charge is 0.408 e. The Morgan fingerprint density at radius 1 is 1.14 bits per heavy atom. The lowest BCUT2D eigenvalue weighted by molar-refractivity contribution is -0.132. The number of amides is 1. The van der Waals surface area contributed by atoms with Gasteiger partial charge in [-0.1, -0.05) is 12.1 Å². The molecule has 3 aromatic heterocycles. The number of aromatic nitrogens is 5. The number of fused-ring (bicyclic) bond motifs is 2. The molecule has 1 aliphatic heterocycles. The van der Waals surface area contributed by atoms with Gasteiger partial charge in [-0.2, -0.15) is 0 Å². The van der Waals surface area contributed by atoms with Gasteiger partial charge >= 0.3 is 5.76 Å². The highest BCUT2D eigenvalue weighted by atomic mass is 16.4. The molecule has 29 heavy (non-hydrogen) atoms. The first-order valence-corrected chi connectivity index (χ1v) is 9.39. The summed E-state index contributed by atoms with van der Waals surface area (Å²) in [5, 5.41) is 8.33. The fourth-order valence-corrected chi connectivity index (χ4v) is 3.72. The van der Waals surface area contributed by atoms with Crippen LogP contribution in [-0.4, -0.2) is 61.1 Å². The molecule has 0 N–H and O–H groups in total. The highest BCUT2D eigenvalue weighted by Gasteiger charge is 2.25. The van der Waals surface area contributed by atoms with Crippen LogP contribution in [-0.2, 0) is 11.3 Å². The Morgan fingerprint density at radius 2 is 1.93 bits per heavy atom. The van der Waals surface area contributed by atoms with Gasteiger partial charge in [-0.05, 0) is 19.1 Å². The van der Waals surface area contributed by atoms with Gasteiger partial charge in [0.2, 0.25) is 11.6 Å². The topological polar surface area (TPSA) is 102 Å². The second kappa shape index (κ2) is 6.73. The lowest BCUT2D eigenvalue weighted by atomic mass is 10.3. The molecule has 0 aliphatic carbocycles. The minimum Gasteiger partial charge on any atom is -0.408 e. The SMILES string of the molecule is Cc1nnc2c(N3CCN(C(=O)Cn4c(=O)oc5ccccc54)CC3)nccn12. The summed E-state index contributed by atoms with van der Waals surface area (Å²) < 4.78 is 8.49. The van der Waals surface area contributed by atoms with Crippen molar-refractivity contribution in [3.8, 4) is 0 Å². The van der Waals surface area contributed by atoms with Gasteiger partial charge in [-0.3, -0.25) is 13.8 Å². The van der Waals surface area contributed by atoms with Crippen molar-refractivity contribution in [2.24, 2.45) is 0 Å². The molecule has 0 radical (unpaired) electrons. The van der Waals surface area contributed by atoms with Crippen LogP contribution in [0.1, 0.15) is 5.82 Å². The van der Waals surface area contributed by atoms with E-state index in [1.807, 2.05) is 23.6 Å². The summed E-state index contributed by atoms with van der Waals surface area (Å²) >= 11 is 0. The van der Waals surface area contributed by atoms with E-state index >= 15 is 0 Å². The van der Waals surface area contributed by atoms with E-state index in [1.54, 1.807) is 29.3 Å². The Balaban J connectivity index is 1.31. The summed E-state index contributed by atoms with van der Waals surface area (Å²) in [7, 11) is 0. The van der Waals surface area contributed by atoms with Crippen LogP contribution in [0.25, 0.3) is 16.7 Å². The van der Waals surface area contributed by atoms with E-state index in [4.69, 9.17) is 4.42 Å². The van der Waals surface area contributed by atoms with Gasteiger partial charge in [0, 0.05) is 38.6 Å². The molecule has 0 saturated carbocycles. The molecule has 4 heterocycles. The Hall–Kier alpha value is -3.69. The Bertz CT molecular complexity index is 1260. The van der Waals surface area contributed by atoms with Gasteiger partial charge in [0.05, 0.1) is 5.52 Å². The first-order chi connectivity index (χ1) is 14.1. The van der Waals surface area contributed by atoms with E-state index in [0.717, 1.165) is 11.6 Å². The summed E-state index contributed by atoms with van der Waals surface area (Å²) in [5.74, 6) is 0.937. The van der Waals surface area contributed by atoms with E-state index in [1.165, 1.54) is 4.57 Å². The number of carbonyl (C=O) groups is 1. The van der Waals surface area contributed by atoms with Crippen molar-refractivity contribution in [2.75, 3.05) is 31.1 Å². The van der Waals surface area contributed by atoms with Crippen LogP contribution in [0, 0.1) is 6.92 Å². The number of aryl methyl sites for hydroxylation is 1. The van der Waals surface area contributed by atoms with Crippen LogP contribution in [0.4, 0.5) is 5.82 Å². The fraction of sp³-hybridized carbons (Fsp3) is 0.316. The standard InChI is InChI=1S/C19H19N7O3/c1-13-21-22-18-17(20-6-7-25(13)18)24-10-8-23(9-11-24)16(27)12-26-14-4-2-3-5-15(14)29-19(26)28/h2-7H,8-12H2,1H3. The number of piperazine rings is 1. The molecular formula is C19H19N7O3. The van der Waals surface area contributed by atoms with E-state index in [0.29, 0.717) is 42.9 Å². The molecule has 0 atom stereocenters. The van der Waals surface area contributed by atoms with Crippen molar-refractivity contribution >= 4 is 28.5 Å². The van der Waals surface area contributed by atoms with Crippen LogP contribution >= 0.6 is 0 Å². The molecule has 1 amide bonds. The third-order valence-electron chi connectivity index (χ3n) is 5.28. The molecule has 1 aliphatic rings. The molecule has 10 heteroatoms. The Labute approximate surface area is 165 Å². The first kappa shape index (κ1) is 17.4. The lowest BCUT2D eigenvalue weighted by Crippen LogP contribution is -2.50. The number of hydrogen-bond acceptors (Lipinski definition) is 7. The van der Waals surface area contributed by atoms with E-state index < -0.39 is 5.76 Å². The highest BCUT2D eigenvalue weighted by Crippen LogP contribution is 2.19. The second-order valence-electron chi connectivity index (χ2n) is 6.98. The Kier molecular flexibility index (Phi) is 4.04. The maximum absolute atomic E-state index is 12.8. The van der Waals surface area contributed by atoms with Gasteiger partial charge in [0.1, 0.15) is 12.4 Å². The molecule has 0 unspecified atom stereocenters. The summed E-state index contributed by atoms with van der Waals surface area (Å²) in [6.07, 6.45) is 3.56. The van der Waals surface area contributed by atoms with Crippen molar-refractivity contribution in [1.29, 1.82) is 0 Å². The number of nitrogens with zero attached hydrogens (tertiary/aromatic N) is 7. The van der Waals surface area contributed by atoms with Crippen molar-refractivity contribution in [3.63, 3.8) is 0 Å². The fourth-order valence-electron chi connectivity index (χ4n) is 3.72. The average Bonchev–Trinajstić information content (AvgIpc) is 3.28. The molecule has 5 rings (SSSR count). The van der Waals surface area contributed by atoms with Gasteiger partial charge < -0.3 is 14.2 Å². The lowest BCUT2D eigenvalue weighted by Gasteiger charge is -2.35. The van der Waals surface area contributed by atoms with Gasteiger partial charge in [0.15, 0.2) is 11.4 Å². The maximum atomic E-state index is 12.8. The zero-order valence-corrected chi connectivity index (χ0v) is 15.9. The molecule has 0 bridgehead atoms. The van der Waals surface area contributed by atoms with Gasteiger partial charge in [0.25, 0.3) is 0 Å². The monoisotopic (exact) mass is 393 g/mol. The van der Waals surface area contributed by atoms with Crippen LogP contribution in [0.5, 0.6) is 0 Å². The molecular weight excluding hydrogens is 374 g/mol. The highest BCUT2D eigenvalue weighted by molar-refractivity contribution is 5.80. The number of oxazole rings is 1. The van der Waals surface area contributed by atoms with Crippen LogP contribution in [0.2, 0.25) is 0 Å². The van der Waals surface area contributed by atoms with Crippen molar-refractivity contribution in [1.82, 2.24) is 29.0 Å². The Morgan fingerprint density at radius 3 is 2.76 bits per heavy atom. The maximum Gasteiger partial charge on any atom is 0.420 e. The summed E-state index contributed by atoms with van der Waals surface area (Å²) in [4.78, 5) is 33.2. The number of anilines is 1.